The molecule has 2 aromatic rings. The molecule has 2 rings (SSSR count). The molecule has 0 radical (unpaired) electrons. The standard InChI is InChI=1S/C18H18Cl2N2O2S/c1-11(2)22-12(3)7-14(13(22)4)8-16(10-21)25(23,24)18-9-15(19)5-6-17(18)20/h5-9,11H,1-4H3/b16-8+. The minimum atomic E-state index is -4.07. The van der Waals surface area contributed by atoms with Crippen molar-refractivity contribution in [3.63, 3.8) is 0 Å². The van der Waals surface area contributed by atoms with Crippen LogP contribution in [-0.4, -0.2) is 13.0 Å². The maximum absolute atomic E-state index is 12.8. The summed E-state index contributed by atoms with van der Waals surface area (Å²) in [6, 6.07) is 8.02. The van der Waals surface area contributed by atoms with Gasteiger partial charge in [0.2, 0.25) is 9.84 Å². The molecule has 0 amide bonds. The van der Waals surface area contributed by atoms with E-state index in [0.717, 1.165) is 11.4 Å². The summed E-state index contributed by atoms with van der Waals surface area (Å²) in [6.45, 7) is 7.92. The van der Waals surface area contributed by atoms with E-state index in [2.05, 4.69) is 4.57 Å². The first-order valence-electron chi connectivity index (χ1n) is 7.60. The molecule has 0 unspecified atom stereocenters. The fourth-order valence-corrected chi connectivity index (χ4v) is 4.76. The molecule has 0 fully saturated rings. The number of hydrogen-bond donors (Lipinski definition) is 0. The number of nitriles is 1. The summed E-state index contributed by atoms with van der Waals surface area (Å²) in [5.74, 6) is 0. The summed E-state index contributed by atoms with van der Waals surface area (Å²) >= 11 is 11.9. The van der Waals surface area contributed by atoms with Gasteiger partial charge in [-0.15, -0.1) is 0 Å². The second kappa shape index (κ2) is 7.25. The van der Waals surface area contributed by atoms with Gasteiger partial charge in [-0.3, -0.25) is 0 Å². The average molecular weight is 397 g/mol. The first-order chi connectivity index (χ1) is 11.6. The number of sulfone groups is 1. The Morgan fingerprint density at radius 2 is 1.88 bits per heavy atom. The third-order valence-corrected chi connectivity index (χ3v) is 6.29. The van der Waals surface area contributed by atoms with Crippen molar-refractivity contribution in [1.82, 2.24) is 4.57 Å². The number of rotatable bonds is 4. The predicted molar refractivity (Wildman–Crippen MR) is 102 cm³/mol. The zero-order valence-corrected chi connectivity index (χ0v) is 16.7. The molecule has 0 aliphatic rings. The Labute approximate surface area is 158 Å². The smallest absolute Gasteiger partial charge is 0.218 e. The zero-order chi connectivity index (χ0) is 18.9. The van der Waals surface area contributed by atoms with Crippen molar-refractivity contribution in [3.05, 3.63) is 56.2 Å². The third-order valence-electron chi connectivity index (χ3n) is 3.91. The summed E-state index contributed by atoms with van der Waals surface area (Å²) in [7, 11) is -4.07. The quantitative estimate of drug-likeness (QED) is 0.655. The number of hydrogen-bond acceptors (Lipinski definition) is 3. The van der Waals surface area contributed by atoms with Gasteiger partial charge in [0.05, 0.1) is 9.92 Å². The summed E-state index contributed by atoms with van der Waals surface area (Å²) in [5.41, 5.74) is 2.58. The van der Waals surface area contributed by atoms with E-state index in [-0.39, 0.29) is 25.9 Å². The Morgan fingerprint density at radius 3 is 2.40 bits per heavy atom. The van der Waals surface area contributed by atoms with Gasteiger partial charge in [-0.1, -0.05) is 23.2 Å². The van der Waals surface area contributed by atoms with Crippen LogP contribution in [0.5, 0.6) is 0 Å². The lowest BCUT2D eigenvalue weighted by Crippen LogP contribution is -2.06. The van der Waals surface area contributed by atoms with Crippen molar-refractivity contribution >= 4 is 39.1 Å². The summed E-state index contributed by atoms with van der Waals surface area (Å²) in [5, 5.41) is 9.70. The number of halogens is 2. The highest BCUT2D eigenvalue weighted by Gasteiger charge is 2.25. The van der Waals surface area contributed by atoms with Gasteiger partial charge in [-0.2, -0.15) is 5.26 Å². The van der Waals surface area contributed by atoms with Crippen molar-refractivity contribution in [2.24, 2.45) is 0 Å². The monoisotopic (exact) mass is 396 g/mol. The molecular formula is C18H18Cl2N2O2S. The third kappa shape index (κ3) is 3.77. The number of allylic oxidation sites excluding steroid dienone is 1. The topological polar surface area (TPSA) is 62.9 Å². The van der Waals surface area contributed by atoms with Gasteiger partial charge in [0.25, 0.3) is 0 Å². The van der Waals surface area contributed by atoms with E-state index in [1.165, 1.54) is 24.3 Å². The van der Waals surface area contributed by atoms with Crippen LogP contribution in [0.1, 0.15) is 36.8 Å². The SMILES string of the molecule is Cc1cc(/C=C(\C#N)S(=O)(=O)c2cc(Cl)ccc2Cl)c(C)n1C(C)C. The number of nitrogens with zero attached hydrogens (tertiary/aromatic N) is 2. The van der Waals surface area contributed by atoms with Gasteiger partial charge in [-0.25, -0.2) is 8.42 Å². The summed E-state index contributed by atoms with van der Waals surface area (Å²) in [6.07, 6.45) is 1.38. The first kappa shape index (κ1) is 19.6. The molecule has 0 atom stereocenters. The molecule has 1 aromatic carbocycles. The van der Waals surface area contributed by atoms with Gasteiger partial charge < -0.3 is 4.57 Å². The van der Waals surface area contributed by atoms with Crippen molar-refractivity contribution in [2.45, 2.75) is 38.6 Å². The summed E-state index contributed by atoms with van der Waals surface area (Å²) < 4.78 is 27.8. The Balaban J connectivity index is 2.64. The van der Waals surface area contributed by atoms with Crippen LogP contribution in [0.15, 0.2) is 34.1 Å². The van der Waals surface area contributed by atoms with Crippen LogP contribution in [0.25, 0.3) is 6.08 Å². The number of benzene rings is 1. The molecule has 1 heterocycles. The molecule has 0 bridgehead atoms. The Morgan fingerprint density at radius 1 is 1.24 bits per heavy atom. The van der Waals surface area contributed by atoms with Crippen LogP contribution in [0.4, 0.5) is 0 Å². The van der Waals surface area contributed by atoms with E-state index in [0.29, 0.717) is 5.56 Å². The fraction of sp³-hybridized carbons (Fsp3) is 0.278. The van der Waals surface area contributed by atoms with Gasteiger partial charge in [0, 0.05) is 22.5 Å². The molecule has 7 heteroatoms. The Kier molecular flexibility index (Phi) is 5.68. The number of aryl methyl sites for hydroxylation is 1. The van der Waals surface area contributed by atoms with Crippen molar-refractivity contribution in [3.8, 4) is 6.07 Å². The van der Waals surface area contributed by atoms with E-state index >= 15 is 0 Å². The maximum Gasteiger partial charge on any atom is 0.218 e. The molecule has 4 nitrogen and oxygen atoms in total. The molecular weight excluding hydrogens is 379 g/mol. The van der Waals surface area contributed by atoms with E-state index < -0.39 is 9.84 Å². The Bertz CT molecular complexity index is 997. The van der Waals surface area contributed by atoms with Crippen LogP contribution >= 0.6 is 23.2 Å². The lowest BCUT2D eigenvalue weighted by Gasteiger charge is -2.13. The highest BCUT2D eigenvalue weighted by atomic mass is 35.5. The van der Waals surface area contributed by atoms with Crippen molar-refractivity contribution in [1.29, 1.82) is 5.26 Å². The van der Waals surface area contributed by atoms with E-state index in [1.54, 1.807) is 6.07 Å². The second-order valence-electron chi connectivity index (χ2n) is 5.99. The number of aromatic nitrogens is 1. The van der Waals surface area contributed by atoms with Crippen LogP contribution in [0, 0.1) is 25.2 Å². The van der Waals surface area contributed by atoms with Crippen molar-refractivity contribution < 1.29 is 8.42 Å². The molecule has 0 aliphatic heterocycles. The lowest BCUT2D eigenvalue weighted by molar-refractivity contribution is 0.574. The highest BCUT2D eigenvalue weighted by Crippen LogP contribution is 2.31. The summed E-state index contributed by atoms with van der Waals surface area (Å²) in [4.78, 5) is -0.548. The van der Waals surface area contributed by atoms with Crippen LogP contribution in [0.2, 0.25) is 10.0 Å². The molecule has 1 aromatic heterocycles. The zero-order valence-electron chi connectivity index (χ0n) is 14.3. The van der Waals surface area contributed by atoms with Crippen LogP contribution < -0.4 is 0 Å². The van der Waals surface area contributed by atoms with Crippen LogP contribution in [0.3, 0.4) is 0 Å². The van der Waals surface area contributed by atoms with Gasteiger partial charge in [-0.05, 0) is 63.6 Å². The van der Waals surface area contributed by atoms with E-state index in [4.69, 9.17) is 23.2 Å². The largest absolute Gasteiger partial charge is 0.346 e. The normalized spacial score (nSPS) is 12.5. The molecule has 0 saturated carbocycles. The molecule has 25 heavy (non-hydrogen) atoms. The van der Waals surface area contributed by atoms with Gasteiger partial charge in [0.1, 0.15) is 11.0 Å². The average Bonchev–Trinajstić information content (AvgIpc) is 2.80. The molecule has 0 saturated heterocycles. The molecule has 132 valence electrons. The highest BCUT2D eigenvalue weighted by molar-refractivity contribution is 7.95. The van der Waals surface area contributed by atoms with Crippen molar-refractivity contribution in [2.75, 3.05) is 0 Å². The minimum absolute atomic E-state index is 0.0261. The Hall–Kier alpha value is -1.74. The van der Waals surface area contributed by atoms with Crippen LogP contribution in [-0.2, 0) is 9.84 Å². The van der Waals surface area contributed by atoms with Gasteiger partial charge in [0.15, 0.2) is 0 Å². The second-order valence-corrected chi connectivity index (χ2v) is 8.72. The fourth-order valence-electron chi connectivity index (χ4n) is 2.86. The molecule has 0 N–H and O–H groups in total. The maximum atomic E-state index is 12.8. The van der Waals surface area contributed by atoms with E-state index in [1.807, 2.05) is 33.8 Å². The predicted octanol–water partition coefficient (Wildman–Crippen LogP) is 5.33. The van der Waals surface area contributed by atoms with Gasteiger partial charge >= 0.3 is 0 Å². The van der Waals surface area contributed by atoms with E-state index in [9.17, 15) is 13.7 Å². The first-order valence-corrected chi connectivity index (χ1v) is 9.84. The molecule has 0 aliphatic carbocycles. The minimum Gasteiger partial charge on any atom is -0.346 e. The molecule has 0 spiro atoms. The lowest BCUT2D eigenvalue weighted by atomic mass is 10.2.